The number of fused-ring (bicyclic) bond motifs is 2. The van der Waals surface area contributed by atoms with Gasteiger partial charge in [0.25, 0.3) is 5.91 Å². The van der Waals surface area contributed by atoms with Crippen molar-refractivity contribution in [1.82, 2.24) is 29.6 Å². The molecular weight excluding hydrogens is 388 g/mol. The zero-order valence-electron chi connectivity index (χ0n) is 15.8. The number of carbonyl (C=O) groups is 1. The van der Waals surface area contributed by atoms with Gasteiger partial charge in [-0.1, -0.05) is 0 Å². The highest BCUT2D eigenvalue weighted by atomic mass is 32.2. The second-order valence-corrected chi connectivity index (χ2v) is 8.73. The maximum atomic E-state index is 12.8. The van der Waals surface area contributed by atoms with Gasteiger partial charge in [0.15, 0.2) is 5.65 Å². The van der Waals surface area contributed by atoms with Crippen LogP contribution in [0.15, 0.2) is 42.9 Å². The molecule has 1 aliphatic rings. The molecule has 1 fully saturated rings. The van der Waals surface area contributed by atoms with E-state index in [0.717, 1.165) is 16.5 Å². The molecule has 29 heavy (non-hydrogen) atoms. The van der Waals surface area contributed by atoms with E-state index in [0.29, 0.717) is 47.0 Å². The van der Waals surface area contributed by atoms with Gasteiger partial charge in [0.1, 0.15) is 0 Å². The van der Waals surface area contributed by atoms with Crippen LogP contribution in [0.5, 0.6) is 0 Å². The van der Waals surface area contributed by atoms with Crippen LogP contribution in [0, 0.1) is 0 Å². The summed E-state index contributed by atoms with van der Waals surface area (Å²) in [5.41, 5.74) is 4.15. The van der Waals surface area contributed by atoms with Crippen LogP contribution < -0.4 is 0 Å². The molecule has 0 radical (unpaired) electrons. The van der Waals surface area contributed by atoms with Crippen LogP contribution in [0.25, 0.3) is 33.3 Å². The molecule has 1 aromatic carbocycles. The second-order valence-electron chi connectivity index (χ2n) is 7.04. The Kier molecular flexibility index (Phi) is 4.31. The average molecular weight is 406 g/mol. The highest BCUT2D eigenvalue weighted by Gasteiger charge is 2.21. The summed E-state index contributed by atoms with van der Waals surface area (Å²) < 4.78 is 13.3. The molecule has 0 atom stereocenters. The van der Waals surface area contributed by atoms with E-state index in [1.54, 1.807) is 34.1 Å². The minimum atomic E-state index is -0.817. The molecule has 1 saturated heterocycles. The van der Waals surface area contributed by atoms with Crippen LogP contribution in [-0.4, -0.2) is 64.3 Å². The monoisotopic (exact) mass is 406 g/mol. The number of benzene rings is 1. The van der Waals surface area contributed by atoms with E-state index in [-0.39, 0.29) is 5.91 Å². The van der Waals surface area contributed by atoms with Crippen LogP contribution in [0.2, 0.25) is 0 Å². The normalized spacial score (nSPS) is 15.3. The summed E-state index contributed by atoms with van der Waals surface area (Å²) in [4.78, 5) is 28.1. The van der Waals surface area contributed by atoms with Crippen molar-refractivity contribution in [2.24, 2.45) is 7.05 Å². The predicted molar refractivity (Wildman–Crippen MR) is 111 cm³/mol. The Bertz CT molecular complexity index is 1270. The van der Waals surface area contributed by atoms with Crippen LogP contribution in [0.1, 0.15) is 10.4 Å². The van der Waals surface area contributed by atoms with Gasteiger partial charge >= 0.3 is 0 Å². The fourth-order valence-corrected chi connectivity index (χ4v) is 4.53. The average Bonchev–Trinajstić information content (AvgIpc) is 3.12. The first kappa shape index (κ1) is 17.9. The molecule has 4 heterocycles. The first-order chi connectivity index (χ1) is 14.1. The number of pyridine rings is 1. The van der Waals surface area contributed by atoms with Crippen LogP contribution >= 0.6 is 0 Å². The second kappa shape index (κ2) is 7.00. The third-order valence-corrected chi connectivity index (χ3v) is 6.30. The lowest BCUT2D eigenvalue weighted by molar-refractivity contribution is 0.0771. The fourth-order valence-electron chi connectivity index (χ4n) is 3.48. The van der Waals surface area contributed by atoms with E-state index in [9.17, 15) is 9.00 Å². The van der Waals surface area contributed by atoms with Crippen molar-refractivity contribution >= 4 is 38.8 Å². The summed E-state index contributed by atoms with van der Waals surface area (Å²) in [6.07, 6.45) is 5.35. The standard InChI is InChI=1S/C20H18N6O2S/c1-25-12-15-8-14(10-22-19(15)24-25)18-11-21-16-3-2-13(9-17(16)23-18)20(27)26-4-6-29(28)7-5-26/h2-3,8-12H,4-7H2,1H3. The summed E-state index contributed by atoms with van der Waals surface area (Å²) in [7, 11) is 1.04. The van der Waals surface area contributed by atoms with Gasteiger partial charge in [-0.2, -0.15) is 5.10 Å². The van der Waals surface area contributed by atoms with E-state index in [2.05, 4.69) is 15.1 Å². The van der Waals surface area contributed by atoms with Gasteiger partial charge in [-0.25, -0.2) is 9.97 Å². The number of nitrogens with zero attached hydrogens (tertiary/aromatic N) is 6. The number of amides is 1. The molecule has 1 aliphatic heterocycles. The molecule has 0 aliphatic carbocycles. The molecule has 0 bridgehead atoms. The Labute approximate surface area is 169 Å². The topological polar surface area (TPSA) is 93.9 Å². The van der Waals surface area contributed by atoms with Gasteiger partial charge in [0.2, 0.25) is 0 Å². The lowest BCUT2D eigenvalue weighted by Crippen LogP contribution is -2.41. The number of hydrogen-bond donors (Lipinski definition) is 0. The minimum Gasteiger partial charge on any atom is -0.337 e. The van der Waals surface area contributed by atoms with Crippen molar-refractivity contribution in [2.75, 3.05) is 24.6 Å². The molecule has 0 saturated carbocycles. The predicted octanol–water partition coefficient (Wildman–Crippen LogP) is 1.78. The summed E-state index contributed by atoms with van der Waals surface area (Å²) in [6, 6.07) is 7.33. The largest absolute Gasteiger partial charge is 0.337 e. The van der Waals surface area contributed by atoms with Gasteiger partial charge in [0.05, 0.1) is 22.9 Å². The lowest BCUT2D eigenvalue weighted by Gasteiger charge is -2.26. The number of aryl methyl sites for hydroxylation is 1. The molecule has 1 amide bonds. The Balaban J connectivity index is 1.50. The van der Waals surface area contributed by atoms with Gasteiger partial charge < -0.3 is 4.90 Å². The van der Waals surface area contributed by atoms with Gasteiger partial charge in [0, 0.05) is 71.3 Å². The van der Waals surface area contributed by atoms with E-state index < -0.39 is 10.8 Å². The smallest absolute Gasteiger partial charge is 0.253 e. The Morgan fingerprint density at radius 2 is 1.90 bits per heavy atom. The summed E-state index contributed by atoms with van der Waals surface area (Å²) >= 11 is 0. The van der Waals surface area contributed by atoms with Crippen molar-refractivity contribution in [3.63, 3.8) is 0 Å². The van der Waals surface area contributed by atoms with E-state index in [1.807, 2.05) is 25.4 Å². The van der Waals surface area contributed by atoms with Crippen molar-refractivity contribution in [3.8, 4) is 11.3 Å². The molecule has 4 aromatic rings. The first-order valence-corrected chi connectivity index (χ1v) is 10.8. The molecular formula is C20H18N6O2S. The number of hydrogen-bond acceptors (Lipinski definition) is 6. The number of aromatic nitrogens is 5. The Morgan fingerprint density at radius 1 is 1.07 bits per heavy atom. The highest BCUT2D eigenvalue weighted by Crippen LogP contribution is 2.23. The van der Waals surface area contributed by atoms with Crippen LogP contribution in [-0.2, 0) is 17.8 Å². The quantitative estimate of drug-likeness (QED) is 0.504. The molecule has 0 spiro atoms. The SMILES string of the molecule is Cn1cc2cc(-c3cnc4ccc(C(=O)N5CCS(=O)CC5)cc4n3)cnc2n1. The molecule has 8 nitrogen and oxygen atoms in total. The van der Waals surface area contributed by atoms with Crippen LogP contribution in [0.3, 0.4) is 0 Å². The maximum Gasteiger partial charge on any atom is 0.253 e. The van der Waals surface area contributed by atoms with Gasteiger partial charge in [-0.15, -0.1) is 0 Å². The molecule has 9 heteroatoms. The van der Waals surface area contributed by atoms with E-state index in [1.165, 1.54) is 0 Å². The van der Waals surface area contributed by atoms with Crippen molar-refractivity contribution < 1.29 is 9.00 Å². The lowest BCUT2D eigenvalue weighted by atomic mass is 10.1. The maximum absolute atomic E-state index is 12.8. The minimum absolute atomic E-state index is 0.0609. The molecule has 5 rings (SSSR count). The molecule has 0 N–H and O–H groups in total. The van der Waals surface area contributed by atoms with Crippen LogP contribution in [0.4, 0.5) is 0 Å². The van der Waals surface area contributed by atoms with Crippen molar-refractivity contribution in [3.05, 3.63) is 48.4 Å². The van der Waals surface area contributed by atoms with Crippen molar-refractivity contribution in [1.29, 1.82) is 0 Å². The van der Waals surface area contributed by atoms with E-state index in [4.69, 9.17) is 4.98 Å². The Hall–Kier alpha value is -3.20. The Morgan fingerprint density at radius 3 is 2.72 bits per heavy atom. The molecule has 0 unspecified atom stereocenters. The fraction of sp³-hybridized carbons (Fsp3) is 0.250. The first-order valence-electron chi connectivity index (χ1n) is 9.28. The zero-order chi connectivity index (χ0) is 20.0. The molecule has 146 valence electrons. The van der Waals surface area contributed by atoms with Crippen molar-refractivity contribution in [2.45, 2.75) is 0 Å². The summed E-state index contributed by atoms with van der Waals surface area (Å²) in [5.74, 6) is 1.01. The van der Waals surface area contributed by atoms with Gasteiger partial charge in [-0.05, 0) is 24.3 Å². The highest BCUT2D eigenvalue weighted by molar-refractivity contribution is 7.85. The number of rotatable bonds is 2. The third kappa shape index (κ3) is 3.38. The number of carbonyl (C=O) groups excluding carboxylic acids is 1. The molecule has 3 aromatic heterocycles. The third-order valence-electron chi connectivity index (χ3n) is 5.02. The summed E-state index contributed by atoms with van der Waals surface area (Å²) in [6.45, 7) is 1.04. The summed E-state index contributed by atoms with van der Waals surface area (Å²) in [5, 5.41) is 5.22. The van der Waals surface area contributed by atoms with Gasteiger partial charge in [-0.3, -0.25) is 18.7 Å². The zero-order valence-corrected chi connectivity index (χ0v) is 16.6. The van der Waals surface area contributed by atoms with E-state index >= 15 is 0 Å².